The normalized spacial score (nSPS) is 11.9. The minimum atomic E-state index is -3.63. The molecule has 0 aliphatic heterocycles. The zero-order valence-electron chi connectivity index (χ0n) is 10.7. The van der Waals surface area contributed by atoms with E-state index >= 15 is 0 Å². The SMILES string of the molecule is CCCOCCCNS(=O)(=O)c1cc(CO)oc1Br. The first-order valence-electron chi connectivity index (χ1n) is 5.97. The third-order valence-electron chi connectivity index (χ3n) is 2.26. The van der Waals surface area contributed by atoms with Gasteiger partial charge in [0.15, 0.2) is 4.67 Å². The van der Waals surface area contributed by atoms with Gasteiger partial charge in [0, 0.05) is 25.8 Å². The molecular formula is C11H18BrNO5S. The lowest BCUT2D eigenvalue weighted by Gasteiger charge is -2.05. The summed E-state index contributed by atoms with van der Waals surface area (Å²) in [5.41, 5.74) is 0. The van der Waals surface area contributed by atoms with Gasteiger partial charge in [0.25, 0.3) is 0 Å². The molecule has 19 heavy (non-hydrogen) atoms. The van der Waals surface area contributed by atoms with E-state index in [0.29, 0.717) is 19.6 Å². The van der Waals surface area contributed by atoms with E-state index in [1.807, 2.05) is 6.92 Å². The van der Waals surface area contributed by atoms with Gasteiger partial charge in [0.05, 0.1) is 0 Å². The van der Waals surface area contributed by atoms with Crippen molar-refractivity contribution < 1.29 is 22.7 Å². The summed E-state index contributed by atoms with van der Waals surface area (Å²) in [4.78, 5) is -0.00831. The first-order chi connectivity index (χ1) is 9.01. The largest absolute Gasteiger partial charge is 0.450 e. The molecule has 1 aromatic heterocycles. The Morgan fingerprint density at radius 3 is 2.79 bits per heavy atom. The predicted octanol–water partition coefficient (Wildman–Crippen LogP) is 1.63. The van der Waals surface area contributed by atoms with Gasteiger partial charge in [-0.15, -0.1) is 0 Å². The van der Waals surface area contributed by atoms with E-state index in [0.717, 1.165) is 6.42 Å². The smallest absolute Gasteiger partial charge is 0.244 e. The van der Waals surface area contributed by atoms with Crippen molar-refractivity contribution in [1.29, 1.82) is 0 Å². The second-order valence-electron chi connectivity index (χ2n) is 3.87. The second kappa shape index (κ2) is 8.01. The molecule has 0 spiro atoms. The third kappa shape index (κ3) is 5.23. The summed E-state index contributed by atoms with van der Waals surface area (Å²) in [5, 5.41) is 8.89. The number of nitrogens with one attached hydrogen (secondary N) is 1. The summed E-state index contributed by atoms with van der Waals surface area (Å²) in [6.07, 6.45) is 1.54. The topological polar surface area (TPSA) is 88.8 Å². The van der Waals surface area contributed by atoms with E-state index in [1.54, 1.807) is 0 Å². The van der Waals surface area contributed by atoms with Crippen molar-refractivity contribution in [1.82, 2.24) is 4.72 Å². The average Bonchev–Trinajstić information content (AvgIpc) is 2.76. The summed E-state index contributed by atoms with van der Waals surface area (Å²) >= 11 is 3.02. The number of hydrogen-bond acceptors (Lipinski definition) is 5. The fraction of sp³-hybridized carbons (Fsp3) is 0.636. The van der Waals surface area contributed by atoms with E-state index in [2.05, 4.69) is 20.7 Å². The average molecular weight is 356 g/mol. The van der Waals surface area contributed by atoms with Crippen molar-refractivity contribution in [2.75, 3.05) is 19.8 Å². The summed E-state index contributed by atoms with van der Waals surface area (Å²) in [7, 11) is -3.63. The highest BCUT2D eigenvalue weighted by Crippen LogP contribution is 2.25. The predicted molar refractivity (Wildman–Crippen MR) is 73.2 cm³/mol. The van der Waals surface area contributed by atoms with Crippen molar-refractivity contribution in [3.8, 4) is 0 Å². The molecule has 0 amide bonds. The number of aliphatic hydroxyl groups excluding tert-OH is 1. The van der Waals surface area contributed by atoms with E-state index < -0.39 is 10.0 Å². The molecular weight excluding hydrogens is 338 g/mol. The van der Waals surface area contributed by atoms with Gasteiger partial charge < -0.3 is 14.3 Å². The summed E-state index contributed by atoms with van der Waals surface area (Å²) in [6.45, 7) is 3.15. The standard InChI is InChI=1S/C11H18BrNO5S/c1-2-5-17-6-3-4-13-19(15,16)10-7-9(8-14)18-11(10)12/h7,13-14H,2-6,8H2,1H3. The molecule has 110 valence electrons. The third-order valence-corrected chi connectivity index (χ3v) is 4.58. The molecule has 0 aliphatic rings. The Morgan fingerprint density at radius 2 is 2.21 bits per heavy atom. The van der Waals surface area contributed by atoms with Crippen LogP contribution < -0.4 is 4.72 Å². The van der Waals surface area contributed by atoms with Crippen LogP contribution in [0, 0.1) is 0 Å². The van der Waals surface area contributed by atoms with Gasteiger partial charge >= 0.3 is 0 Å². The zero-order valence-corrected chi connectivity index (χ0v) is 13.1. The van der Waals surface area contributed by atoms with Gasteiger partial charge in [-0.25, -0.2) is 13.1 Å². The first kappa shape index (κ1) is 16.6. The summed E-state index contributed by atoms with van der Waals surface area (Å²) in [6, 6.07) is 1.29. The van der Waals surface area contributed by atoms with E-state index in [9.17, 15) is 8.42 Å². The van der Waals surface area contributed by atoms with Crippen molar-refractivity contribution in [2.24, 2.45) is 0 Å². The van der Waals surface area contributed by atoms with Crippen LogP contribution >= 0.6 is 15.9 Å². The maximum absolute atomic E-state index is 11.9. The lowest BCUT2D eigenvalue weighted by Crippen LogP contribution is -2.25. The van der Waals surface area contributed by atoms with Gasteiger partial charge in [-0.3, -0.25) is 0 Å². The Bertz CT molecular complexity index is 485. The van der Waals surface area contributed by atoms with Crippen LogP contribution in [-0.4, -0.2) is 33.3 Å². The molecule has 1 heterocycles. The maximum atomic E-state index is 11.9. The van der Waals surface area contributed by atoms with Crippen molar-refractivity contribution in [3.05, 3.63) is 16.5 Å². The van der Waals surface area contributed by atoms with Crippen molar-refractivity contribution >= 4 is 26.0 Å². The van der Waals surface area contributed by atoms with Crippen molar-refractivity contribution in [3.63, 3.8) is 0 Å². The van der Waals surface area contributed by atoms with Crippen molar-refractivity contribution in [2.45, 2.75) is 31.3 Å². The van der Waals surface area contributed by atoms with Crippen LogP contribution in [0.2, 0.25) is 0 Å². The Labute approximate surface area is 121 Å². The molecule has 6 nitrogen and oxygen atoms in total. The van der Waals surface area contributed by atoms with Crippen LogP contribution in [0.4, 0.5) is 0 Å². The minimum absolute atomic E-state index is 0.00831. The van der Waals surface area contributed by atoms with E-state index in [4.69, 9.17) is 14.3 Å². The Morgan fingerprint density at radius 1 is 1.47 bits per heavy atom. The number of furan rings is 1. The van der Waals surface area contributed by atoms with Crippen LogP contribution in [-0.2, 0) is 21.4 Å². The molecule has 0 saturated carbocycles. The van der Waals surface area contributed by atoms with Crippen LogP contribution in [0.5, 0.6) is 0 Å². The van der Waals surface area contributed by atoms with Crippen LogP contribution in [0.1, 0.15) is 25.5 Å². The molecule has 1 aromatic rings. The molecule has 0 saturated heterocycles. The molecule has 0 bridgehead atoms. The van der Waals surface area contributed by atoms with Gasteiger partial charge in [-0.05, 0) is 28.8 Å². The molecule has 8 heteroatoms. The quantitative estimate of drug-likeness (QED) is 0.657. The van der Waals surface area contributed by atoms with Crippen LogP contribution in [0.3, 0.4) is 0 Å². The maximum Gasteiger partial charge on any atom is 0.244 e. The van der Waals surface area contributed by atoms with E-state index in [-0.39, 0.29) is 28.5 Å². The zero-order chi connectivity index (χ0) is 14.3. The highest BCUT2D eigenvalue weighted by atomic mass is 79.9. The number of sulfonamides is 1. The molecule has 0 aliphatic carbocycles. The fourth-order valence-corrected chi connectivity index (χ4v) is 3.43. The molecule has 2 N–H and O–H groups in total. The molecule has 0 radical (unpaired) electrons. The van der Waals surface area contributed by atoms with Gasteiger partial charge in [0.2, 0.25) is 10.0 Å². The molecule has 0 atom stereocenters. The number of halogens is 1. The van der Waals surface area contributed by atoms with Gasteiger partial charge in [-0.2, -0.15) is 0 Å². The Hall–Kier alpha value is -0.410. The number of aliphatic hydroxyl groups is 1. The molecule has 0 aromatic carbocycles. The van der Waals surface area contributed by atoms with Crippen LogP contribution in [0.15, 0.2) is 20.0 Å². The summed E-state index contributed by atoms with van der Waals surface area (Å²) in [5.74, 6) is 0.193. The molecule has 1 rings (SSSR count). The molecule has 0 unspecified atom stereocenters. The number of ether oxygens (including phenoxy) is 1. The molecule has 0 fully saturated rings. The fourth-order valence-electron chi connectivity index (χ4n) is 1.36. The highest BCUT2D eigenvalue weighted by molar-refractivity contribution is 9.10. The van der Waals surface area contributed by atoms with Gasteiger partial charge in [-0.1, -0.05) is 6.92 Å². The Kier molecular flexibility index (Phi) is 7.01. The monoisotopic (exact) mass is 355 g/mol. The highest BCUT2D eigenvalue weighted by Gasteiger charge is 2.21. The first-order valence-corrected chi connectivity index (χ1v) is 8.25. The van der Waals surface area contributed by atoms with Gasteiger partial charge in [0.1, 0.15) is 17.3 Å². The lowest BCUT2D eigenvalue weighted by atomic mass is 10.4. The van der Waals surface area contributed by atoms with E-state index in [1.165, 1.54) is 6.07 Å². The summed E-state index contributed by atoms with van der Waals surface area (Å²) < 4.78 is 36.7. The minimum Gasteiger partial charge on any atom is -0.450 e. The van der Waals surface area contributed by atoms with Crippen LogP contribution in [0.25, 0.3) is 0 Å². The second-order valence-corrected chi connectivity index (χ2v) is 6.33. The Balaban J connectivity index is 2.49. The lowest BCUT2D eigenvalue weighted by molar-refractivity contribution is 0.133. The number of rotatable bonds is 9. The number of hydrogen-bond donors (Lipinski definition) is 2.